The van der Waals surface area contributed by atoms with Crippen LogP contribution in [0.25, 0.3) is 16.8 Å². The molecule has 4 aromatic rings. The summed E-state index contributed by atoms with van der Waals surface area (Å²) in [7, 11) is 0. The predicted octanol–water partition coefficient (Wildman–Crippen LogP) is 5.60. The number of anilines is 1. The molecule has 0 unspecified atom stereocenters. The molecule has 34 heavy (non-hydrogen) atoms. The minimum absolute atomic E-state index is 0.224. The first-order valence-electron chi connectivity index (χ1n) is 11.7. The molecular weight excluding hydrogens is 426 g/mol. The van der Waals surface area contributed by atoms with E-state index in [2.05, 4.69) is 15.5 Å². The molecule has 0 radical (unpaired) electrons. The maximum atomic E-state index is 13.1. The van der Waals surface area contributed by atoms with Crippen LogP contribution in [0, 0.1) is 0 Å². The van der Waals surface area contributed by atoms with Crippen molar-refractivity contribution in [2.75, 3.05) is 5.32 Å². The molecule has 0 saturated heterocycles. The van der Waals surface area contributed by atoms with Gasteiger partial charge >= 0.3 is 0 Å². The summed E-state index contributed by atoms with van der Waals surface area (Å²) in [6.07, 6.45) is 10.4. The van der Waals surface area contributed by atoms with Gasteiger partial charge in [0.15, 0.2) is 0 Å². The first-order chi connectivity index (χ1) is 16.6. The Kier molecular flexibility index (Phi) is 7.65. The van der Waals surface area contributed by atoms with E-state index in [1.54, 1.807) is 18.5 Å². The van der Waals surface area contributed by atoms with Gasteiger partial charge in [0.25, 0.3) is 5.91 Å². The largest absolute Gasteiger partial charge is 0.300 e. The SMILES string of the molecule is CCC(=O)CCCCCc1cn(-c2ccccc2)c(NC(=O)c2cccc(-c3cn[nH]c3)c2)n1. The molecular formula is C27H29N5O2. The summed E-state index contributed by atoms with van der Waals surface area (Å²) < 4.78 is 1.91. The molecule has 0 aliphatic heterocycles. The van der Waals surface area contributed by atoms with Crippen LogP contribution in [0.5, 0.6) is 0 Å². The number of rotatable bonds is 11. The number of imidazole rings is 1. The van der Waals surface area contributed by atoms with Crippen molar-refractivity contribution in [1.82, 2.24) is 19.7 Å². The fraction of sp³-hybridized carbons (Fsp3) is 0.259. The van der Waals surface area contributed by atoms with Gasteiger partial charge in [-0.25, -0.2) is 4.98 Å². The molecule has 7 heteroatoms. The number of aromatic nitrogens is 4. The second kappa shape index (κ2) is 11.2. The van der Waals surface area contributed by atoms with Crippen LogP contribution in [0.1, 0.15) is 55.1 Å². The van der Waals surface area contributed by atoms with Crippen LogP contribution in [-0.2, 0) is 11.2 Å². The van der Waals surface area contributed by atoms with Gasteiger partial charge in [0.1, 0.15) is 5.78 Å². The predicted molar refractivity (Wildman–Crippen MR) is 133 cm³/mol. The Hall–Kier alpha value is -4.00. The molecule has 2 heterocycles. The fourth-order valence-electron chi connectivity index (χ4n) is 3.83. The molecule has 2 N–H and O–H groups in total. The number of ketones is 1. The lowest BCUT2D eigenvalue weighted by molar-refractivity contribution is -0.118. The van der Waals surface area contributed by atoms with Gasteiger partial charge in [0, 0.05) is 42.0 Å². The van der Waals surface area contributed by atoms with E-state index in [1.165, 1.54) is 0 Å². The summed E-state index contributed by atoms with van der Waals surface area (Å²) in [6, 6.07) is 17.3. The highest BCUT2D eigenvalue weighted by Gasteiger charge is 2.15. The number of para-hydroxylation sites is 1. The first-order valence-corrected chi connectivity index (χ1v) is 11.7. The zero-order valence-electron chi connectivity index (χ0n) is 19.3. The summed E-state index contributed by atoms with van der Waals surface area (Å²) in [5.74, 6) is 0.578. The number of Topliss-reactive ketones (excluding diaryl/α,β-unsaturated/α-hetero) is 1. The lowest BCUT2D eigenvalue weighted by Crippen LogP contribution is -2.15. The average Bonchev–Trinajstić information content (AvgIpc) is 3.55. The summed E-state index contributed by atoms with van der Waals surface area (Å²) in [4.78, 5) is 29.3. The van der Waals surface area contributed by atoms with Crippen molar-refractivity contribution in [3.63, 3.8) is 0 Å². The third-order valence-corrected chi connectivity index (χ3v) is 5.75. The second-order valence-electron chi connectivity index (χ2n) is 8.24. The van der Waals surface area contributed by atoms with Crippen molar-refractivity contribution in [2.45, 2.75) is 45.4 Å². The van der Waals surface area contributed by atoms with E-state index in [0.29, 0.717) is 30.1 Å². The van der Waals surface area contributed by atoms with E-state index in [0.717, 1.165) is 48.2 Å². The molecule has 1 amide bonds. The second-order valence-corrected chi connectivity index (χ2v) is 8.24. The summed E-state index contributed by atoms with van der Waals surface area (Å²) in [5, 5.41) is 9.77. The van der Waals surface area contributed by atoms with E-state index in [1.807, 2.05) is 66.2 Å². The number of aromatic amines is 1. The highest BCUT2D eigenvalue weighted by Crippen LogP contribution is 2.22. The number of unbranched alkanes of at least 4 members (excludes halogenated alkanes) is 2. The molecule has 4 rings (SSSR count). The summed E-state index contributed by atoms with van der Waals surface area (Å²) in [6.45, 7) is 1.90. The number of amides is 1. The maximum absolute atomic E-state index is 13.1. The van der Waals surface area contributed by atoms with Gasteiger partial charge in [-0.05, 0) is 49.1 Å². The van der Waals surface area contributed by atoms with Crippen molar-refractivity contribution in [3.05, 3.63) is 84.4 Å². The molecule has 2 aromatic carbocycles. The van der Waals surface area contributed by atoms with Crippen LogP contribution in [0.4, 0.5) is 5.95 Å². The van der Waals surface area contributed by atoms with Gasteiger partial charge in [0.2, 0.25) is 5.95 Å². The fourth-order valence-corrected chi connectivity index (χ4v) is 3.83. The number of carbonyl (C=O) groups is 2. The average molecular weight is 456 g/mol. The zero-order chi connectivity index (χ0) is 23.8. The highest BCUT2D eigenvalue weighted by molar-refractivity contribution is 6.04. The van der Waals surface area contributed by atoms with Crippen LogP contribution in [0.2, 0.25) is 0 Å². The summed E-state index contributed by atoms with van der Waals surface area (Å²) >= 11 is 0. The molecule has 0 aliphatic carbocycles. The third-order valence-electron chi connectivity index (χ3n) is 5.75. The molecule has 0 bridgehead atoms. The molecule has 0 atom stereocenters. The van der Waals surface area contributed by atoms with E-state index in [4.69, 9.17) is 4.98 Å². The van der Waals surface area contributed by atoms with E-state index >= 15 is 0 Å². The Balaban J connectivity index is 1.49. The van der Waals surface area contributed by atoms with Gasteiger partial charge in [0.05, 0.1) is 11.9 Å². The van der Waals surface area contributed by atoms with Gasteiger partial charge in [-0.2, -0.15) is 5.10 Å². The number of hydrogen-bond donors (Lipinski definition) is 2. The van der Waals surface area contributed by atoms with Crippen molar-refractivity contribution in [1.29, 1.82) is 0 Å². The van der Waals surface area contributed by atoms with E-state index in [9.17, 15) is 9.59 Å². The smallest absolute Gasteiger partial charge is 0.258 e. The van der Waals surface area contributed by atoms with Crippen molar-refractivity contribution < 1.29 is 9.59 Å². The van der Waals surface area contributed by atoms with Crippen LogP contribution in [-0.4, -0.2) is 31.4 Å². The van der Waals surface area contributed by atoms with E-state index < -0.39 is 0 Å². The normalized spacial score (nSPS) is 10.9. The highest BCUT2D eigenvalue weighted by atomic mass is 16.1. The zero-order valence-corrected chi connectivity index (χ0v) is 19.3. The van der Waals surface area contributed by atoms with Crippen molar-refractivity contribution >= 4 is 17.6 Å². The number of nitrogens with zero attached hydrogens (tertiary/aromatic N) is 3. The topological polar surface area (TPSA) is 92.7 Å². The van der Waals surface area contributed by atoms with Gasteiger partial charge in [-0.3, -0.25) is 24.6 Å². The Morgan fingerprint density at radius 1 is 1.00 bits per heavy atom. The molecule has 0 fully saturated rings. The molecule has 174 valence electrons. The molecule has 2 aromatic heterocycles. The number of hydrogen-bond acceptors (Lipinski definition) is 4. The maximum Gasteiger partial charge on any atom is 0.258 e. The molecule has 7 nitrogen and oxygen atoms in total. The van der Waals surface area contributed by atoms with E-state index in [-0.39, 0.29) is 5.91 Å². The molecule has 0 spiro atoms. The number of carbonyl (C=O) groups excluding carboxylic acids is 2. The molecule has 0 saturated carbocycles. The number of benzene rings is 2. The van der Waals surface area contributed by atoms with Gasteiger partial charge < -0.3 is 0 Å². The lowest BCUT2D eigenvalue weighted by Gasteiger charge is -2.09. The number of nitrogens with one attached hydrogen (secondary N) is 2. The monoisotopic (exact) mass is 455 g/mol. The van der Waals surface area contributed by atoms with Crippen molar-refractivity contribution in [3.8, 4) is 16.8 Å². The molecule has 0 aliphatic rings. The first kappa shape index (κ1) is 23.2. The number of H-pyrrole nitrogens is 1. The standard InChI is InChI=1S/C27H29N5O2/c1-2-25(33)15-8-3-5-12-23-19-32(24-13-6-4-7-14-24)27(30-23)31-26(34)21-11-9-10-20(16-21)22-17-28-29-18-22/h4,6-7,9-11,13-14,16-19H,2-3,5,8,12,15H2,1H3,(H,28,29)(H,30,31,34). The Labute approximate surface area is 199 Å². The van der Waals surface area contributed by atoms with Crippen LogP contribution in [0.3, 0.4) is 0 Å². The number of aryl methyl sites for hydroxylation is 1. The van der Waals surface area contributed by atoms with Crippen LogP contribution >= 0.6 is 0 Å². The summed E-state index contributed by atoms with van der Waals surface area (Å²) in [5.41, 5.74) is 4.22. The van der Waals surface area contributed by atoms with Crippen molar-refractivity contribution in [2.24, 2.45) is 0 Å². The van der Waals surface area contributed by atoms with Gasteiger partial charge in [-0.1, -0.05) is 43.7 Å². The Bertz CT molecular complexity index is 1230. The quantitative estimate of drug-likeness (QED) is 0.288. The third kappa shape index (κ3) is 5.86. The minimum Gasteiger partial charge on any atom is -0.300 e. The van der Waals surface area contributed by atoms with Crippen LogP contribution < -0.4 is 5.32 Å². The van der Waals surface area contributed by atoms with Gasteiger partial charge in [-0.15, -0.1) is 0 Å². The van der Waals surface area contributed by atoms with Crippen LogP contribution in [0.15, 0.2) is 73.2 Å². The Morgan fingerprint density at radius 2 is 1.85 bits per heavy atom. The lowest BCUT2D eigenvalue weighted by atomic mass is 10.1. The minimum atomic E-state index is -0.224. The Morgan fingerprint density at radius 3 is 2.62 bits per heavy atom.